The van der Waals surface area contributed by atoms with E-state index in [-0.39, 0.29) is 11.9 Å². The van der Waals surface area contributed by atoms with Crippen molar-refractivity contribution >= 4 is 11.6 Å². The van der Waals surface area contributed by atoms with Crippen LogP contribution >= 0.6 is 11.6 Å². The molecule has 3 nitrogen and oxygen atoms in total. The predicted octanol–water partition coefficient (Wildman–Crippen LogP) is 2.85. The van der Waals surface area contributed by atoms with Crippen molar-refractivity contribution in [3.05, 3.63) is 52.8 Å². The summed E-state index contributed by atoms with van der Waals surface area (Å²) in [5.41, 5.74) is 6.84. The average molecular weight is 268 g/mol. The summed E-state index contributed by atoms with van der Waals surface area (Å²) in [6, 6.07) is 4.09. The number of imidazole rings is 1. The Labute approximate surface area is 110 Å². The number of halogens is 2. The lowest BCUT2D eigenvalue weighted by molar-refractivity contribution is 0.609. The fourth-order valence-electron chi connectivity index (χ4n) is 1.88. The molecule has 0 spiro atoms. The maximum atomic E-state index is 12.9. The molecule has 96 valence electrons. The van der Waals surface area contributed by atoms with Crippen LogP contribution in [-0.4, -0.2) is 9.55 Å². The van der Waals surface area contributed by atoms with E-state index >= 15 is 0 Å². The molecule has 0 aliphatic rings. The number of benzene rings is 1. The molecular weight excluding hydrogens is 253 g/mol. The second kappa shape index (κ2) is 5.50. The molecule has 0 amide bonds. The van der Waals surface area contributed by atoms with Gasteiger partial charge in [0.05, 0.1) is 0 Å². The highest BCUT2D eigenvalue weighted by atomic mass is 35.5. The Kier molecular flexibility index (Phi) is 3.99. The minimum absolute atomic E-state index is 0.213. The summed E-state index contributed by atoms with van der Waals surface area (Å²) in [5, 5.41) is 0.377. The van der Waals surface area contributed by atoms with E-state index in [1.54, 1.807) is 12.3 Å². The Morgan fingerprint density at radius 2 is 2.28 bits per heavy atom. The van der Waals surface area contributed by atoms with Gasteiger partial charge in [0.15, 0.2) is 0 Å². The van der Waals surface area contributed by atoms with Crippen LogP contribution in [0.25, 0.3) is 0 Å². The first-order chi connectivity index (χ1) is 8.58. The molecule has 5 heteroatoms. The zero-order chi connectivity index (χ0) is 13.1. The van der Waals surface area contributed by atoms with E-state index < -0.39 is 0 Å². The number of hydrogen-bond donors (Lipinski definition) is 1. The van der Waals surface area contributed by atoms with Crippen LogP contribution in [0.4, 0.5) is 4.39 Å². The first-order valence-corrected chi connectivity index (χ1v) is 6.12. The van der Waals surface area contributed by atoms with E-state index in [2.05, 4.69) is 4.98 Å². The van der Waals surface area contributed by atoms with Crippen LogP contribution in [0.2, 0.25) is 5.02 Å². The zero-order valence-corrected chi connectivity index (χ0v) is 10.9. The monoisotopic (exact) mass is 267 g/mol. The molecule has 2 rings (SSSR count). The number of rotatable bonds is 4. The van der Waals surface area contributed by atoms with Crippen molar-refractivity contribution in [2.24, 2.45) is 12.8 Å². The predicted molar refractivity (Wildman–Crippen MR) is 69.9 cm³/mol. The highest BCUT2D eigenvalue weighted by molar-refractivity contribution is 6.31. The van der Waals surface area contributed by atoms with Crippen LogP contribution in [0.1, 0.15) is 23.9 Å². The number of hydrogen-bond acceptors (Lipinski definition) is 2. The summed E-state index contributed by atoms with van der Waals surface area (Å²) in [4.78, 5) is 4.23. The van der Waals surface area contributed by atoms with Gasteiger partial charge in [0, 0.05) is 36.9 Å². The quantitative estimate of drug-likeness (QED) is 0.926. The van der Waals surface area contributed by atoms with Crippen LogP contribution in [0.5, 0.6) is 0 Å². The zero-order valence-electron chi connectivity index (χ0n) is 10.1. The molecular formula is C13H15ClFN3. The molecule has 0 aliphatic carbocycles. The van der Waals surface area contributed by atoms with Crippen molar-refractivity contribution in [3.8, 4) is 0 Å². The molecule has 1 atom stereocenters. The minimum atomic E-state index is -0.347. The number of nitrogens with two attached hydrogens (primary N) is 1. The third kappa shape index (κ3) is 2.89. The number of aryl methyl sites for hydroxylation is 2. The van der Waals surface area contributed by atoms with Crippen LogP contribution in [0.3, 0.4) is 0 Å². The normalized spacial score (nSPS) is 12.7. The van der Waals surface area contributed by atoms with Gasteiger partial charge in [-0.05, 0) is 24.1 Å². The highest BCUT2D eigenvalue weighted by Gasteiger charge is 2.12. The summed E-state index contributed by atoms with van der Waals surface area (Å²) in [5.74, 6) is 0.628. The van der Waals surface area contributed by atoms with Crippen molar-refractivity contribution < 1.29 is 4.39 Å². The molecule has 1 aromatic carbocycles. The molecule has 1 heterocycles. The second-order valence-electron chi connectivity index (χ2n) is 4.27. The van der Waals surface area contributed by atoms with Gasteiger partial charge in [0.2, 0.25) is 0 Å². The Morgan fingerprint density at radius 1 is 1.50 bits per heavy atom. The lowest BCUT2D eigenvalue weighted by atomic mass is 10.0. The summed E-state index contributed by atoms with van der Waals surface area (Å²) >= 11 is 5.98. The number of nitrogens with zero attached hydrogens (tertiary/aromatic N) is 2. The van der Waals surface area contributed by atoms with E-state index in [1.807, 2.05) is 17.8 Å². The smallest absolute Gasteiger partial charge is 0.124 e. The van der Waals surface area contributed by atoms with Crippen molar-refractivity contribution in [2.75, 3.05) is 0 Å². The molecule has 1 unspecified atom stereocenters. The van der Waals surface area contributed by atoms with E-state index in [1.165, 1.54) is 12.1 Å². The Hall–Kier alpha value is -1.39. The van der Waals surface area contributed by atoms with Gasteiger partial charge >= 0.3 is 0 Å². The fourth-order valence-corrected chi connectivity index (χ4v) is 2.19. The lowest BCUT2D eigenvalue weighted by Crippen LogP contribution is -2.13. The molecule has 18 heavy (non-hydrogen) atoms. The highest BCUT2D eigenvalue weighted by Crippen LogP contribution is 2.25. The summed E-state index contributed by atoms with van der Waals surface area (Å²) in [7, 11) is 1.94. The first kappa shape index (κ1) is 13.1. The van der Waals surface area contributed by atoms with Gasteiger partial charge in [-0.1, -0.05) is 17.7 Å². The Balaban J connectivity index is 2.03. The summed E-state index contributed by atoms with van der Waals surface area (Å²) in [6.07, 6.45) is 5.13. The topological polar surface area (TPSA) is 43.8 Å². The van der Waals surface area contributed by atoms with Gasteiger partial charge < -0.3 is 10.3 Å². The summed E-state index contributed by atoms with van der Waals surface area (Å²) < 4.78 is 14.9. The van der Waals surface area contributed by atoms with E-state index in [0.717, 1.165) is 24.2 Å². The standard InChI is InChI=1S/C13H15ClFN3/c1-18-7-6-17-13(18)5-4-12(16)10-3-2-9(15)8-11(10)14/h2-3,6-8,12H,4-5,16H2,1H3. The molecule has 0 fully saturated rings. The van der Waals surface area contributed by atoms with Crippen LogP contribution < -0.4 is 5.73 Å². The van der Waals surface area contributed by atoms with Gasteiger partial charge in [0.1, 0.15) is 11.6 Å². The van der Waals surface area contributed by atoms with Gasteiger partial charge in [-0.3, -0.25) is 0 Å². The number of aromatic nitrogens is 2. The van der Waals surface area contributed by atoms with Gasteiger partial charge in [-0.2, -0.15) is 0 Å². The SMILES string of the molecule is Cn1ccnc1CCC(N)c1ccc(F)cc1Cl. The first-order valence-electron chi connectivity index (χ1n) is 5.74. The molecule has 0 radical (unpaired) electrons. The van der Waals surface area contributed by atoms with Gasteiger partial charge in [-0.25, -0.2) is 9.37 Å². The van der Waals surface area contributed by atoms with Gasteiger partial charge in [0.25, 0.3) is 0 Å². The van der Waals surface area contributed by atoms with Crippen LogP contribution in [0, 0.1) is 5.82 Å². The van der Waals surface area contributed by atoms with E-state index in [4.69, 9.17) is 17.3 Å². The maximum Gasteiger partial charge on any atom is 0.124 e. The molecule has 0 saturated carbocycles. The van der Waals surface area contributed by atoms with E-state index in [9.17, 15) is 4.39 Å². The van der Waals surface area contributed by atoms with E-state index in [0.29, 0.717) is 5.02 Å². The fraction of sp³-hybridized carbons (Fsp3) is 0.308. The third-order valence-electron chi connectivity index (χ3n) is 2.96. The minimum Gasteiger partial charge on any atom is -0.338 e. The molecule has 2 N–H and O–H groups in total. The molecule has 2 aromatic rings. The Bertz CT molecular complexity index is 539. The third-order valence-corrected chi connectivity index (χ3v) is 3.29. The lowest BCUT2D eigenvalue weighted by Gasteiger charge is -2.13. The largest absolute Gasteiger partial charge is 0.338 e. The molecule has 0 bridgehead atoms. The average Bonchev–Trinajstić information content (AvgIpc) is 2.72. The van der Waals surface area contributed by atoms with Crippen LogP contribution in [-0.2, 0) is 13.5 Å². The van der Waals surface area contributed by atoms with Crippen molar-refractivity contribution in [2.45, 2.75) is 18.9 Å². The summed E-state index contributed by atoms with van der Waals surface area (Å²) in [6.45, 7) is 0. The molecule has 0 saturated heterocycles. The van der Waals surface area contributed by atoms with Crippen molar-refractivity contribution in [1.82, 2.24) is 9.55 Å². The van der Waals surface area contributed by atoms with Gasteiger partial charge in [-0.15, -0.1) is 0 Å². The maximum absolute atomic E-state index is 12.9. The second-order valence-corrected chi connectivity index (χ2v) is 4.67. The Morgan fingerprint density at radius 3 is 2.89 bits per heavy atom. The van der Waals surface area contributed by atoms with Crippen molar-refractivity contribution in [3.63, 3.8) is 0 Å². The molecule has 0 aliphatic heterocycles. The molecule has 1 aromatic heterocycles. The van der Waals surface area contributed by atoms with Crippen molar-refractivity contribution in [1.29, 1.82) is 0 Å². The van der Waals surface area contributed by atoms with Crippen LogP contribution in [0.15, 0.2) is 30.6 Å².